The lowest BCUT2D eigenvalue weighted by molar-refractivity contribution is 0.145. The summed E-state index contributed by atoms with van der Waals surface area (Å²) < 4.78 is 5.26. The van der Waals surface area contributed by atoms with Crippen molar-refractivity contribution >= 4 is 16.7 Å². The summed E-state index contributed by atoms with van der Waals surface area (Å²) in [5.74, 6) is 0.446. The smallest absolute Gasteiger partial charge is 0.188 e. The van der Waals surface area contributed by atoms with Gasteiger partial charge in [-0.25, -0.2) is 4.99 Å². The summed E-state index contributed by atoms with van der Waals surface area (Å²) in [6, 6.07) is 10.1. The highest BCUT2D eigenvalue weighted by Crippen LogP contribution is 2.16. The van der Waals surface area contributed by atoms with Gasteiger partial charge in [-0.15, -0.1) is 0 Å². The number of benzene rings is 1. The molecule has 0 fully saturated rings. The summed E-state index contributed by atoms with van der Waals surface area (Å²) >= 11 is 0. The van der Waals surface area contributed by atoms with Crippen LogP contribution in [0.3, 0.4) is 0 Å². The van der Waals surface area contributed by atoms with E-state index < -0.39 is 0 Å². The number of hydrogen-bond donors (Lipinski definition) is 2. The number of aromatic nitrogens is 1. The summed E-state index contributed by atoms with van der Waals surface area (Å²) in [6.07, 6.45) is 2.72. The fourth-order valence-corrected chi connectivity index (χ4v) is 2.06. The van der Waals surface area contributed by atoms with Gasteiger partial charge in [0.25, 0.3) is 0 Å². The van der Waals surface area contributed by atoms with E-state index in [0.717, 1.165) is 37.3 Å². The van der Waals surface area contributed by atoms with Crippen molar-refractivity contribution in [2.75, 3.05) is 19.8 Å². The molecule has 0 spiro atoms. The van der Waals surface area contributed by atoms with E-state index in [1.54, 1.807) is 6.20 Å². The van der Waals surface area contributed by atoms with Crippen molar-refractivity contribution in [2.24, 2.45) is 10.7 Å². The Morgan fingerprint density at radius 2 is 2.19 bits per heavy atom. The van der Waals surface area contributed by atoms with Gasteiger partial charge in [-0.3, -0.25) is 4.98 Å². The molecule has 0 unspecified atom stereocenters. The van der Waals surface area contributed by atoms with Crippen LogP contribution in [0.15, 0.2) is 41.5 Å². The highest BCUT2D eigenvalue weighted by Gasteiger charge is 2.01. The number of hydrogen-bond acceptors (Lipinski definition) is 3. The van der Waals surface area contributed by atoms with Gasteiger partial charge in [0.1, 0.15) is 0 Å². The number of pyridine rings is 1. The lowest BCUT2D eigenvalue weighted by Crippen LogP contribution is -2.32. The molecular formula is C16H22N4O. The summed E-state index contributed by atoms with van der Waals surface area (Å²) in [4.78, 5) is 8.73. The molecule has 2 aromatic rings. The number of fused-ring (bicyclic) bond motifs is 1. The van der Waals surface area contributed by atoms with Gasteiger partial charge in [0.15, 0.2) is 5.96 Å². The van der Waals surface area contributed by atoms with E-state index >= 15 is 0 Å². The third kappa shape index (κ3) is 4.72. The molecule has 0 aliphatic heterocycles. The van der Waals surface area contributed by atoms with Crippen LogP contribution in [0.1, 0.15) is 19.0 Å². The van der Waals surface area contributed by atoms with Gasteiger partial charge >= 0.3 is 0 Å². The van der Waals surface area contributed by atoms with Crippen LogP contribution >= 0.6 is 0 Å². The largest absolute Gasteiger partial charge is 0.382 e. The predicted octanol–water partition coefficient (Wildman–Crippen LogP) is 2.07. The highest BCUT2D eigenvalue weighted by atomic mass is 16.5. The molecule has 5 nitrogen and oxygen atoms in total. The maximum Gasteiger partial charge on any atom is 0.188 e. The molecule has 0 saturated heterocycles. The first-order valence-corrected chi connectivity index (χ1v) is 7.25. The molecule has 3 N–H and O–H groups in total. The Balaban J connectivity index is 1.90. The molecule has 0 radical (unpaired) electrons. The zero-order chi connectivity index (χ0) is 14.9. The average molecular weight is 286 g/mol. The number of nitrogens with one attached hydrogen (secondary N) is 1. The number of nitrogens with two attached hydrogens (primary N) is 1. The first-order valence-electron chi connectivity index (χ1n) is 7.25. The second-order valence-corrected chi connectivity index (χ2v) is 4.66. The molecule has 112 valence electrons. The molecule has 0 saturated carbocycles. The lowest BCUT2D eigenvalue weighted by Gasteiger charge is -2.06. The molecule has 21 heavy (non-hydrogen) atoms. The van der Waals surface area contributed by atoms with Crippen molar-refractivity contribution < 1.29 is 4.74 Å². The third-order valence-electron chi connectivity index (χ3n) is 3.13. The Morgan fingerprint density at radius 3 is 3.05 bits per heavy atom. The van der Waals surface area contributed by atoms with Crippen LogP contribution in [-0.4, -0.2) is 30.7 Å². The molecule has 5 heteroatoms. The Hall–Kier alpha value is -2.14. The van der Waals surface area contributed by atoms with Gasteiger partial charge in [-0.2, -0.15) is 0 Å². The fraction of sp³-hybridized carbons (Fsp3) is 0.375. The van der Waals surface area contributed by atoms with Crippen molar-refractivity contribution in [3.63, 3.8) is 0 Å². The van der Waals surface area contributed by atoms with Gasteiger partial charge in [0, 0.05) is 31.3 Å². The Labute approximate surface area is 125 Å². The van der Waals surface area contributed by atoms with E-state index in [-0.39, 0.29) is 0 Å². The summed E-state index contributed by atoms with van der Waals surface area (Å²) in [5.41, 5.74) is 6.79. The van der Waals surface area contributed by atoms with Crippen LogP contribution in [0.5, 0.6) is 0 Å². The van der Waals surface area contributed by atoms with Gasteiger partial charge in [-0.05, 0) is 24.8 Å². The van der Waals surface area contributed by atoms with E-state index in [2.05, 4.69) is 27.4 Å². The first-order chi connectivity index (χ1) is 10.3. The maximum atomic E-state index is 5.85. The van der Waals surface area contributed by atoms with Crippen LogP contribution < -0.4 is 11.1 Å². The Kier molecular flexibility index (Phi) is 5.97. The molecule has 0 bridgehead atoms. The fourth-order valence-electron chi connectivity index (χ4n) is 2.06. The quantitative estimate of drug-likeness (QED) is 0.464. The van der Waals surface area contributed by atoms with Crippen molar-refractivity contribution in [2.45, 2.75) is 19.9 Å². The minimum absolute atomic E-state index is 0.446. The van der Waals surface area contributed by atoms with Crippen LogP contribution in [-0.2, 0) is 11.3 Å². The number of nitrogens with zero attached hydrogens (tertiary/aromatic N) is 2. The molecule has 0 amide bonds. The summed E-state index contributed by atoms with van der Waals surface area (Å²) in [5, 5.41) is 5.37. The second-order valence-electron chi connectivity index (χ2n) is 4.66. The second kappa shape index (κ2) is 8.21. The normalized spacial score (nSPS) is 11.8. The molecule has 1 aromatic heterocycles. The van der Waals surface area contributed by atoms with Crippen molar-refractivity contribution in [3.05, 3.63) is 42.2 Å². The minimum atomic E-state index is 0.446. The molecule has 0 aliphatic rings. The molecular weight excluding hydrogens is 264 g/mol. The number of ether oxygens (including phenoxy) is 1. The average Bonchev–Trinajstić information content (AvgIpc) is 2.52. The van der Waals surface area contributed by atoms with Crippen LogP contribution in [0.2, 0.25) is 0 Å². The molecule has 1 aromatic carbocycles. The van der Waals surface area contributed by atoms with E-state index in [1.165, 1.54) is 5.39 Å². The highest BCUT2D eigenvalue weighted by molar-refractivity contribution is 5.84. The van der Waals surface area contributed by atoms with E-state index in [1.807, 2.05) is 25.1 Å². The van der Waals surface area contributed by atoms with Gasteiger partial charge < -0.3 is 15.8 Å². The van der Waals surface area contributed by atoms with Crippen molar-refractivity contribution in [1.29, 1.82) is 0 Å². The molecule has 2 rings (SSSR count). The maximum absolute atomic E-state index is 5.85. The number of aliphatic imine (C=N–C) groups is 1. The predicted molar refractivity (Wildman–Crippen MR) is 86.2 cm³/mol. The number of rotatable bonds is 7. The zero-order valence-electron chi connectivity index (χ0n) is 12.4. The van der Waals surface area contributed by atoms with Crippen molar-refractivity contribution in [3.8, 4) is 0 Å². The van der Waals surface area contributed by atoms with Gasteiger partial charge in [-0.1, -0.05) is 24.3 Å². The summed E-state index contributed by atoms with van der Waals surface area (Å²) in [6.45, 7) is 4.71. The molecule has 0 aliphatic carbocycles. The van der Waals surface area contributed by atoms with E-state index in [0.29, 0.717) is 12.5 Å². The zero-order valence-corrected chi connectivity index (χ0v) is 12.4. The molecule has 1 heterocycles. The van der Waals surface area contributed by atoms with Gasteiger partial charge in [0.05, 0.1) is 12.2 Å². The SMILES string of the molecule is CCOCCCNC(N)=NCc1nccc2ccccc12. The Morgan fingerprint density at radius 1 is 1.33 bits per heavy atom. The topological polar surface area (TPSA) is 72.5 Å². The first kappa shape index (κ1) is 15.3. The van der Waals surface area contributed by atoms with Gasteiger partial charge in [0.2, 0.25) is 0 Å². The Bertz CT molecular complexity index is 592. The minimum Gasteiger partial charge on any atom is -0.382 e. The summed E-state index contributed by atoms with van der Waals surface area (Å²) in [7, 11) is 0. The third-order valence-corrected chi connectivity index (χ3v) is 3.13. The van der Waals surface area contributed by atoms with Crippen LogP contribution in [0.4, 0.5) is 0 Å². The molecule has 0 atom stereocenters. The van der Waals surface area contributed by atoms with E-state index in [9.17, 15) is 0 Å². The monoisotopic (exact) mass is 286 g/mol. The lowest BCUT2D eigenvalue weighted by atomic mass is 10.1. The number of guanidine groups is 1. The van der Waals surface area contributed by atoms with E-state index in [4.69, 9.17) is 10.5 Å². The van der Waals surface area contributed by atoms with Crippen LogP contribution in [0, 0.1) is 0 Å². The van der Waals surface area contributed by atoms with Crippen molar-refractivity contribution in [1.82, 2.24) is 10.3 Å². The standard InChI is InChI=1S/C16H22N4O/c1-2-21-11-5-9-19-16(17)20-12-15-14-7-4-3-6-13(14)8-10-18-15/h3-4,6-8,10H,2,5,9,11-12H2,1H3,(H3,17,19,20). The van der Waals surface area contributed by atoms with Crippen LogP contribution in [0.25, 0.3) is 10.8 Å².